The number of hydrogen-bond acceptors (Lipinski definition) is 2. The van der Waals surface area contributed by atoms with Crippen molar-refractivity contribution in [1.82, 2.24) is 0 Å². The van der Waals surface area contributed by atoms with Crippen LogP contribution in [0, 0.1) is 0 Å². The zero-order valence-electron chi connectivity index (χ0n) is 5.86. The lowest BCUT2D eigenvalue weighted by Gasteiger charge is -2.19. The molecule has 0 spiro atoms. The van der Waals surface area contributed by atoms with Gasteiger partial charge in [0.05, 0.1) is 0 Å². The summed E-state index contributed by atoms with van der Waals surface area (Å²) in [6, 6.07) is 0. The molecule has 56 valence electrons. The Morgan fingerprint density at radius 3 is 3.10 bits per heavy atom. The predicted molar refractivity (Wildman–Crippen MR) is 41.3 cm³/mol. The molecule has 1 atom stereocenters. The Labute approximate surface area is 62.1 Å². The maximum absolute atomic E-state index is 8.03. The van der Waals surface area contributed by atoms with E-state index in [1.54, 1.807) is 0 Å². The summed E-state index contributed by atoms with van der Waals surface area (Å²) in [6.07, 6.45) is 3.50. The van der Waals surface area contributed by atoms with Crippen LogP contribution in [0.2, 0.25) is 0 Å². The number of ether oxygens (including phenoxy) is 1. The second kappa shape index (κ2) is 4.33. The van der Waals surface area contributed by atoms with Crippen molar-refractivity contribution in [3.05, 3.63) is 10.4 Å². The topological polar surface area (TPSA) is 58.0 Å². The van der Waals surface area contributed by atoms with Gasteiger partial charge in [-0.15, -0.1) is 4.78 Å². The van der Waals surface area contributed by atoms with Crippen LogP contribution in [0.4, 0.5) is 0 Å². The molecular weight excluding hydrogens is 146 g/mol. The first-order valence-electron chi connectivity index (χ1n) is 3.56. The van der Waals surface area contributed by atoms with E-state index in [9.17, 15) is 0 Å². The summed E-state index contributed by atoms with van der Waals surface area (Å²) in [5.41, 5.74) is 8.36. The molecule has 0 amide bonds. The van der Waals surface area contributed by atoms with Gasteiger partial charge in [-0.05, 0) is 29.7 Å². The van der Waals surface area contributed by atoms with Crippen LogP contribution in [0.15, 0.2) is 4.78 Å². The summed E-state index contributed by atoms with van der Waals surface area (Å²) in [6.45, 7) is 0.860. The maximum atomic E-state index is 8.03. The van der Waals surface area contributed by atoms with Crippen molar-refractivity contribution in [3.8, 4) is 0 Å². The second-order valence-electron chi connectivity index (χ2n) is 2.40. The van der Waals surface area contributed by atoms with Gasteiger partial charge in [-0.3, -0.25) is 0 Å². The van der Waals surface area contributed by atoms with Crippen LogP contribution in [-0.2, 0) is 4.74 Å². The number of azide groups is 1. The first-order chi connectivity index (χ1) is 4.93. The highest BCUT2D eigenvalue weighted by molar-refractivity contribution is 6.34. The fourth-order valence-corrected chi connectivity index (χ4v) is 2.08. The third-order valence-electron chi connectivity index (χ3n) is 1.62. The predicted octanol–water partition coefficient (Wildman–Crippen LogP) is 0.907. The molecule has 0 aromatic heterocycles. The van der Waals surface area contributed by atoms with Crippen LogP contribution in [-0.4, -0.2) is 22.0 Å². The zero-order chi connectivity index (χ0) is 7.23. The molecule has 0 bridgehead atoms. The van der Waals surface area contributed by atoms with E-state index < -0.39 is 9.68 Å². The van der Waals surface area contributed by atoms with Crippen molar-refractivity contribution in [3.63, 3.8) is 0 Å². The van der Waals surface area contributed by atoms with Crippen molar-refractivity contribution in [1.29, 1.82) is 0 Å². The molecule has 10 heavy (non-hydrogen) atoms. The SMILES string of the molecule is [N-]=[N+]=N[SiH2]C1CCCCO1. The first-order valence-corrected chi connectivity index (χ1v) is 5.01. The number of hydrogen-bond donors (Lipinski definition) is 0. The third kappa shape index (κ3) is 2.39. The summed E-state index contributed by atoms with van der Waals surface area (Å²) in [4.78, 5) is 2.74. The lowest BCUT2D eigenvalue weighted by molar-refractivity contribution is 0.0651. The van der Waals surface area contributed by atoms with Crippen LogP contribution in [0.3, 0.4) is 0 Å². The van der Waals surface area contributed by atoms with Gasteiger partial charge < -0.3 is 4.74 Å². The summed E-state index contributed by atoms with van der Waals surface area (Å²) in [7, 11) is -0.648. The average molecular weight is 157 g/mol. The largest absolute Gasteiger partial charge is 0.382 e. The first kappa shape index (κ1) is 7.59. The lowest BCUT2D eigenvalue weighted by Crippen LogP contribution is -2.23. The van der Waals surface area contributed by atoms with E-state index in [0.717, 1.165) is 13.0 Å². The van der Waals surface area contributed by atoms with E-state index in [0.29, 0.717) is 5.73 Å². The molecule has 1 rings (SSSR count). The van der Waals surface area contributed by atoms with Crippen molar-refractivity contribution in [2.75, 3.05) is 6.61 Å². The van der Waals surface area contributed by atoms with Crippen molar-refractivity contribution in [2.45, 2.75) is 25.0 Å². The molecule has 0 N–H and O–H groups in total. The molecular formula is C5H11N3OSi. The highest BCUT2D eigenvalue weighted by Crippen LogP contribution is 2.11. The third-order valence-corrected chi connectivity index (χ3v) is 2.96. The van der Waals surface area contributed by atoms with E-state index in [1.807, 2.05) is 0 Å². The number of rotatable bonds is 2. The molecule has 0 aromatic rings. The summed E-state index contributed by atoms with van der Waals surface area (Å²) < 4.78 is 8.97. The van der Waals surface area contributed by atoms with Gasteiger partial charge in [0.2, 0.25) is 0 Å². The molecule has 0 aliphatic carbocycles. The summed E-state index contributed by atoms with van der Waals surface area (Å²) >= 11 is 0. The van der Waals surface area contributed by atoms with Gasteiger partial charge >= 0.3 is 0 Å². The standard InChI is InChI=1S/C5H11N3OSi/c6-7-8-10-5-3-1-2-4-9-5/h5H,1-4,10H2. The molecule has 1 heterocycles. The van der Waals surface area contributed by atoms with Crippen LogP contribution >= 0.6 is 0 Å². The Morgan fingerprint density at radius 2 is 2.50 bits per heavy atom. The van der Waals surface area contributed by atoms with Crippen LogP contribution < -0.4 is 0 Å². The highest BCUT2D eigenvalue weighted by Gasteiger charge is 2.12. The van der Waals surface area contributed by atoms with E-state index in [4.69, 9.17) is 10.3 Å². The van der Waals surface area contributed by atoms with E-state index in [2.05, 4.69) is 9.69 Å². The van der Waals surface area contributed by atoms with Crippen LogP contribution in [0.1, 0.15) is 19.3 Å². The molecule has 1 fully saturated rings. The normalized spacial score (nSPS) is 26.6. The summed E-state index contributed by atoms with van der Waals surface area (Å²) in [5, 5.41) is 0. The summed E-state index contributed by atoms with van der Waals surface area (Å²) in [5.74, 6) is 0. The van der Waals surface area contributed by atoms with Gasteiger partial charge in [0.15, 0.2) is 9.68 Å². The molecule has 1 aliphatic heterocycles. The zero-order valence-corrected chi connectivity index (χ0v) is 7.28. The van der Waals surface area contributed by atoms with Gasteiger partial charge in [-0.1, -0.05) is 0 Å². The minimum atomic E-state index is -0.648. The fraction of sp³-hybridized carbons (Fsp3) is 1.00. The Morgan fingerprint density at radius 1 is 1.60 bits per heavy atom. The Hall–Kier alpha value is -0.513. The maximum Gasteiger partial charge on any atom is 0.157 e. The smallest absolute Gasteiger partial charge is 0.157 e. The van der Waals surface area contributed by atoms with Gasteiger partial charge in [0, 0.05) is 12.3 Å². The number of nitrogens with zero attached hydrogens (tertiary/aromatic N) is 3. The van der Waals surface area contributed by atoms with Crippen LogP contribution in [0.25, 0.3) is 10.4 Å². The molecule has 1 aliphatic rings. The second-order valence-corrected chi connectivity index (χ2v) is 3.96. The minimum Gasteiger partial charge on any atom is -0.382 e. The molecule has 1 saturated heterocycles. The van der Waals surface area contributed by atoms with Gasteiger partial charge in [0.1, 0.15) is 0 Å². The van der Waals surface area contributed by atoms with E-state index >= 15 is 0 Å². The molecule has 0 radical (unpaired) electrons. The Bertz CT molecular complexity index is 140. The quantitative estimate of drug-likeness (QED) is 0.254. The highest BCUT2D eigenvalue weighted by atomic mass is 28.2. The van der Waals surface area contributed by atoms with Crippen molar-refractivity contribution >= 4 is 9.68 Å². The van der Waals surface area contributed by atoms with Crippen molar-refractivity contribution < 1.29 is 4.74 Å². The molecule has 5 heteroatoms. The van der Waals surface area contributed by atoms with E-state index in [-0.39, 0.29) is 0 Å². The molecule has 0 saturated carbocycles. The van der Waals surface area contributed by atoms with Gasteiger partial charge in [-0.2, -0.15) is 0 Å². The Kier molecular flexibility index (Phi) is 3.28. The monoisotopic (exact) mass is 157 g/mol. The van der Waals surface area contributed by atoms with Gasteiger partial charge in [0.25, 0.3) is 0 Å². The van der Waals surface area contributed by atoms with Crippen molar-refractivity contribution in [2.24, 2.45) is 4.78 Å². The molecule has 1 unspecified atom stereocenters. The fourth-order valence-electron chi connectivity index (χ4n) is 1.08. The molecule has 4 nitrogen and oxygen atoms in total. The van der Waals surface area contributed by atoms with E-state index in [1.165, 1.54) is 12.8 Å². The van der Waals surface area contributed by atoms with Crippen LogP contribution in [0.5, 0.6) is 0 Å². The molecule has 0 aromatic carbocycles. The van der Waals surface area contributed by atoms with Gasteiger partial charge in [-0.25, -0.2) is 0 Å². The lowest BCUT2D eigenvalue weighted by atomic mass is 10.2. The Balaban J connectivity index is 2.19. The average Bonchev–Trinajstić information content (AvgIpc) is 2.03. The minimum absolute atomic E-state index is 0.324.